The van der Waals surface area contributed by atoms with E-state index in [1.54, 1.807) is 0 Å². The van der Waals surface area contributed by atoms with Crippen LogP contribution in [0.3, 0.4) is 0 Å². The van der Waals surface area contributed by atoms with E-state index in [1.165, 1.54) is 83.5 Å². The van der Waals surface area contributed by atoms with Gasteiger partial charge < -0.3 is 14.2 Å². The molecule has 322 valence electrons. The number of unbranched alkanes of at least 4 members (excludes halogenated alkanes) is 19. The maximum atomic E-state index is 12.7. The third kappa shape index (κ3) is 44.1. The van der Waals surface area contributed by atoms with Crippen molar-refractivity contribution in [3.8, 4) is 0 Å². The van der Waals surface area contributed by atoms with Crippen LogP contribution >= 0.6 is 0 Å². The number of rotatable bonds is 42. The zero-order chi connectivity index (χ0) is 40.7. The van der Waals surface area contributed by atoms with Gasteiger partial charge >= 0.3 is 11.9 Å². The van der Waals surface area contributed by atoms with Gasteiger partial charge in [0.25, 0.3) is 0 Å². The van der Waals surface area contributed by atoms with Crippen molar-refractivity contribution in [2.75, 3.05) is 19.8 Å². The van der Waals surface area contributed by atoms with E-state index in [-0.39, 0.29) is 25.2 Å². The highest BCUT2D eigenvalue weighted by Crippen LogP contribution is 2.13. The van der Waals surface area contributed by atoms with Crippen LogP contribution in [0.15, 0.2) is 72.9 Å². The molecule has 0 aliphatic heterocycles. The normalized spacial score (nSPS) is 12.8. The fraction of sp³-hybridized carbons (Fsp3) is 0.725. The Hall–Kier alpha value is -2.66. The lowest BCUT2D eigenvalue weighted by atomic mass is 10.1. The molecule has 0 bridgehead atoms. The molecule has 0 fully saturated rings. The van der Waals surface area contributed by atoms with Crippen LogP contribution < -0.4 is 0 Å². The van der Waals surface area contributed by atoms with Crippen LogP contribution in [0.5, 0.6) is 0 Å². The van der Waals surface area contributed by atoms with E-state index in [1.807, 2.05) is 0 Å². The van der Waals surface area contributed by atoms with Crippen LogP contribution in [0.25, 0.3) is 0 Å². The maximum absolute atomic E-state index is 12.7. The van der Waals surface area contributed by atoms with Gasteiger partial charge in [-0.2, -0.15) is 0 Å². The summed E-state index contributed by atoms with van der Waals surface area (Å²) in [5.41, 5.74) is 0. The molecule has 0 heterocycles. The van der Waals surface area contributed by atoms with Crippen molar-refractivity contribution < 1.29 is 23.8 Å². The molecular formula is C51H88O5. The summed E-state index contributed by atoms with van der Waals surface area (Å²) in [5.74, 6) is -0.434. The van der Waals surface area contributed by atoms with Crippen LogP contribution in [-0.4, -0.2) is 37.9 Å². The summed E-state index contributed by atoms with van der Waals surface area (Å²) in [5, 5.41) is 0. The number of hydrogen-bond donors (Lipinski definition) is 0. The van der Waals surface area contributed by atoms with Crippen molar-refractivity contribution in [1.29, 1.82) is 0 Å². The van der Waals surface area contributed by atoms with E-state index in [4.69, 9.17) is 14.2 Å². The molecule has 56 heavy (non-hydrogen) atoms. The van der Waals surface area contributed by atoms with Gasteiger partial charge in [-0.25, -0.2) is 0 Å². The topological polar surface area (TPSA) is 61.8 Å². The molecule has 0 saturated carbocycles. The van der Waals surface area contributed by atoms with Crippen LogP contribution in [0.2, 0.25) is 0 Å². The zero-order valence-corrected chi connectivity index (χ0v) is 36.9. The molecule has 0 aliphatic rings. The molecule has 0 aromatic carbocycles. The van der Waals surface area contributed by atoms with Gasteiger partial charge in [0, 0.05) is 19.4 Å². The minimum atomic E-state index is -0.556. The van der Waals surface area contributed by atoms with Gasteiger partial charge in [0.1, 0.15) is 6.61 Å². The number of carbonyl (C=O) groups excluding carboxylic acids is 2. The standard InChI is InChI=1S/C51H88O5/c1-4-7-10-13-16-19-21-23-25-27-29-31-34-37-40-43-46-54-47-49(56-51(53)45-42-39-36-32-18-15-12-9-6-3)48-55-50(52)44-41-38-35-33-30-28-26-24-22-20-17-14-11-8-5-2/h7,10,16-17,19-20,23-26,29,31,49H,4-6,8-9,11-15,18,21-22,27-28,30,32-48H2,1-3H3/b10-7-,19-16-,20-17-,25-23-,26-24-,31-29-. The molecule has 0 aliphatic carbocycles. The highest BCUT2D eigenvalue weighted by Gasteiger charge is 2.17. The van der Waals surface area contributed by atoms with E-state index < -0.39 is 6.10 Å². The van der Waals surface area contributed by atoms with Crippen LogP contribution in [0.4, 0.5) is 0 Å². The van der Waals surface area contributed by atoms with Crippen LogP contribution in [0.1, 0.15) is 213 Å². The predicted octanol–water partition coefficient (Wildman–Crippen LogP) is 15.6. The first kappa shape index (κ1) is 53.3. The van der Waals surface area contributed by atoms with Gasteiger partial charge in [-0.3, -0.25) is 9.59 Å². The van der Waals surface area contributed by atoms with Gasteiger partial charge in [-0.05, 0) is 89.9 Å². The third-order valence-electron chi connectivity index (χ3n) is 9.73. The summed E-state index contributed by atoms with van der Waals surface area (Å²) in [6.07, 6.45) is 59.0. The Balaban J connectivity index is 4.30. The first-order chi connectivity index (χ1) is 27.6. The zero-order valence-electron chi connectivity index (χ0n) is 36.9. The summed E-state index contributed by atoms with van der Waals surface area (Å²) >= 11 is 0. The lowest BCUT2D eigenvalue weighted by Gasteiger charge is -2.18. The second kappa shape index (κ2) is 46.7. The predicted molar refractivity (Wildman–Crippen MR) is 242 cm³/mol. The average Bonchev–Trinajstić information content (AvgIpc) is 3.20. The number of ether oxygens (including phenoxy) is 3. The Kier molecular flexibility index (Phi) is 44.5. The smallest absolute Gasteiger partial charge is 0.306 e. The second-order valence-electron chi connectivity index (χ2n) is 15.3. The van der Waals surface area contributed by atoms with Crippen molar-refractivity contribution in [2.45, 2.75) is 219 Å². The Labute approximate surface area is 347 Å². The summed E-state index contributed by atoms with van der Waals surface area (Å²) < 4.78 is 17.3. The molecule has 0 radical (unpaired) electrons. The lowest BCUT2D eigenvalue weighted by Crippen LogP contribution is -2.30. The van der Waals surface area contributed by atoms with E-state index in [9.17, 15) is 9.59 Å². The Bertz CT molecular complexity index is 1020. The molecule has 0 aromatic rings. The molecule has 0 spiro atoms. The molecule has 1 atom stereocenters. The third-order valence-corrected chi connectivity index (χ3v) is 9.73. The number of hydrogen-bond acceptors (Lipinski definition) is 5. The van der Waals surface area contributed by atoms with Crippen molar-refractivity contribution in [3.63, 3.8) is 0 Å². The summed E-state index contributed by atoms with van der Waals surface area (Å²) in [7, 11) is 0. The van der Waals surface area contributed by atoms with Gasteiger partial charge in [-0.1, -0.05) is 184 Å². The van der Waals surface area contributed by atoms with Gasteiger partial charge in [0.05, 0.1) is 6.61 Å². The van der Waals surface area contributed by atoms with E-state index in [0.717, 1.165) is 96.3 Å². The molecule has 5 nitrogen and oxygen atoms in total. The average molecular weight is 781 g/mol. The van der Waals surface area contributed by atoms with Gasteiger partial charge in [-0.15, -0.1) is 0 Å². The quantitative estimate of drug-likeness (QED) is 0.0351. The molecule has 5 heteroatoms. The first-order valence-electron chi connectivity index (χ1n) is 23.5. The Morgan fingerprint density at radius 3 is 1.32 bits per heavy atom. The van der Waals surface area contributed by atoms with E-state index in [2.05, 4.69) is 93.7 Å². The Morgan fingerprint density at radius 1 is 0.411 bits per heavy atom. The number of carbonyl (C=O) groups is 2. The number of allylic oxidation sites excluding steroid dienone is 12. The van der Waals surface area contributed by atoms with Crippen LogP contribution in [0, 0.1) is 0 Å². The molecule has 0 aromatic heterocycles. The fourth-order valence-corrected chi connectivity index (χ4v) is 6.24. The minimum absolute atomic E-state index is 0.0639. The Morgan fingerprint density at radius 2 is 0.804 bits per heavy atom. The minimum Gasteiger partial charge on any atom is -0.462 e. The van der Waals surface area contributed by atoms with Gasteiger partial charge in [0.2, 0.25) is 0 Å². The van der Waals surface area contributed by atoms with Crippen molar-refractivity contribution >= 4 is 11.9 Å². The number of esters is 2. The van der Waals surface area contributed by atoms with Gasteiger partial charge in [0.15, 0.2) is 6.10 Å². The molecule has 0 saturated heterocycles. The van der Waals surface area contributed by atoms with Crippen molar-refractivity contribution in [1.82, 2.24) is 0 Å². The van der Waals surface area contributed by atoms with E-state index >= 15 is 0 Å². The van der Waals surface area contributed by atoms with Crippen LogP contribution in [-0.2, 0) is 23.8 Å². The van der Waals surface area contributed by atoms with Crippen molar-refractivity contribution in [3.05, 3.63) is 72.9 Å². The summed E-state index contributed by atoms with van der Waals surface area (Å²) in [6, 6.07) is 0. The largest absolute Gasteiger partial charge is 0.462 e. The SMILES string of the molecule is CC/C=C\C/C=C\C/C=C\C/C=C\CCCCCOCC(COC(=O)CCCCCCC/C=C\C/C=C\CCCCC)OC(=O)CCCCCCCCCCC. The monoisotopic (exact) mass is 781 g/mol. The summed E-state index contributed by atoms with van der Waals surface area (Å²) in [4.78, 5) is 25.2. The maximum Gasteiger partial charge on any atom is 0.306 e. The molecule has 0 amide bonds. The highest BCUT2D eigenvalue weighted by atomic mass is 16.6. The lowest BCUT2D eigenvalue weighted by molar-refractivity contribution is -0.163. The molecule has 0 rings (SSSR count). The van der Waals surface area contributed by atoms with E-state index in [0.29, 0.717) is 19.4 Å². The molecule has 0 N–H and O–H groups in total. The molecule has 1 unspecified atom stereocenters. The fourth-order valence-electron chi connectivity index (χ4n) is 6.24. The second-order valence-corrected chi connectivity index (χ2v) is 15.3. The first-order valence-corrected chi connectivity index (χ1v) is 23.5. The van der Waals surface area contributed by atoms with Crippen molar-refractivity contribution in [2.24, 2.45) is 0 Å². The molecular weight excluding hydrogens is 693 g/mol. The summed E-state index contributed by atoms with van der Waals surface area (Å²) in [6.45, 7) is 7.58. The highest BCUT2D eigenvalue weighted by molar-refractivity contribution is 5.70.